The Bertz CT molecular complexity index is 1790. The normalized spacial score (nSPS) is 13.4. The zero-order valence-electron chi connectivity index (χ0n) is 27.2. The molecule has 3 heterocycles. The Morgan fingerprint density at radius 2 is 1.80 bits per heavy atom. The number of rotatable bonds is 12. The molecule has 49 heavy (non-hydrogen) atoms. The molecule has 1 aliphatic heterocycles. The second-order valence-corrected chi connectivity index (χ2v) is 12.2. The maximum Gasteiger partial charge on any atom is 0.417 e. The number of hydrazone groups is 1. The van der Waals surface area contributed by atoms with Gasteiger partial charge in [-0.1, -0.05) is 13.0 Å². The molecule has 0 aliphatic carbocycles. The number of fused-ring (bicyclic) bond motifs is 1. The highest BCUT2D eigenvalue weighted by molar-refractivity contribution is 5.82. The first-order valence-electron chi connectivity index (χ1n) is 15.2. The minimum Gasteiger partial charge on any atom is -1.00 e. The smallest absolute Gasteiger partial charge is 0.417 e. The number of H-pyrrole nitrogens is 1. The van der Waals surface area contributed by atoms with Gasteiger partial charge < -0.3 is 31.3 Å². The largest absolute Gasteiger partial charge is 1.00 e. The number of nitrogens with one attached hydrogen (secondary N) is 1. The average molecular weight is 708 g/mol. The lowest BCUT2D eigenvalue weighted by molar-refractivity contribution is -0.870. The standard InChI is InChI=1S/C33H35F5N7O3.ClH/c1-5-13-47-21-10-11-22(24(15-21)33(36,37)38)30-39-16-20(17-40-30)29(32(46)48-14-7-12-45(2,3)4)44-19-27-26(18-41-44)42-31(43-27)23-8-6-9-25(34)28(23)35;/h6,8-11,15-18,29H,5,7,12-14,19H2,1-4H3,(H,42,43);1H/q+1;/p-1. The summed E-state index contributed by atoms with van der Waals surface area (Å²) in [7, 11) is 6.02. The summed E-state index contributed by atoms with van der Waals surface area (Å²) in [6, 6.07) is 6.11. The van der Waals surface area contributed by atoms with Crippen molar-refractivity contribution in [3.63, 3.8) is 0 Å². The molecule has 0 spiro atoms. The van der Waals surface area contributed by atoms with Gasteiger partial charge in [-0.05, 0) is 36.8 Å². The molecule has 10 nitrogen and oxygen atoms in total. The number of nitrogens with zero attached hydrogens (tertiary/aromatic N) is 6. The molecule has 1 N–H and O–H groups in total. The number of ether oxygens (including phenoxy) is 2. The lowest BCUT2D eigenvalue weighted by atomic mass is 10.0. The Labute approximate surface area is 286 Å². The molecule has 262 valence electrons. The molecule has 1 aliphatic rings. The van der Waals surface area contributed by atoms with Crippen molar-refractivity contribution in [1.82, 2.24) is 24.9 Å². The molecule has 1 unspecified atom stereocenters. The van der Waals surface area contributed by atoms with Crippen LogP contribution in [0.5, 0.6) is 5.75 Å². The Morgan fingerprint density at radius 1 is 1.06 bits per heavy atom. The number of aromatic nitrogens is 4. The molecular weight excluding hydrogens is 673 g/mol. The molecule has 16 heteroatoms. The molecule has 4 aromatic rings. The van der Waals surface area contributed by atoms with E-state index in [4.69, 9.17) is 9.47 Å². The Balaban J connectivity index is 0.00000541. The van der Waals surface area contributed by atoms with Crippen molar-refractivity contribution >= 4 is 12.2 Å². The van der Waals surface area contributed by atoms with E-state index in [9.17, 15) is 26.7 Å². The molecule has 1 atom stereocenters. The highest BCUT2D eigenvalue weighted by Gasteiger charge is 2.36. The van der Waals surface area contributed by atoms with Crippen LogP contribution < -0.4 is 17.1 Å². The molecule has 0 bridgehead atoms. The number of halogens is 6. The van der Waals surface area contributed by atoms with Crippen molar-refractivity contribution in [2.45, 2.75) is 38.5 Å². The van der Waals surface area contributed by atoms with E-state index in [2.05, 4.69) is 25.0 Å². The molecule has 0 saturated carbocycles. The van der Waals surface area contributed by atoms with Crippen molar-refractivity contribution in [3.8, 4) is 28.5 Å². The maximum atomic E-state index is 14.5. The van der Waals surface area contributed by atoms with Gasteiger partial charge >= 0.3 is 12.1 Å². The first kappa shape index (κ1) is 37.2. The minimum absolute atomic E-state index is 0. The van der Waals surface area contributed by atoms with Crippen LogP contribution >= 0.6 is 0 Å². The zero-order chi connectivity index (χ0) is 34.6. The Morgan fingerprint density at radius 3 is 2.47 bits per heavy atom. The number of carbonyl (C=O) groups excluding carboxylic acids is 1. The number of esters is 1. The first-order valence-corrected chi connectivity index (χ1v) is 15.2. The zero-order valence-corrected chi connectivity index (χ0v) is 27.9. The van der Waals surface area contributed by atoms with Crippen LogP contribution in [0.2, 0.25) is 0 Å². The topological polar surface area (TPSA) is 106 Å². The summed E-state index contributed by atoms with van der Waals surface area (Å²) in [5.41, 5.74) is -0.266. The molecule has 0 saturated heterocycles. The van der Waals surface area contributed by atoms with Gasteiger partial charge in [0.25, 0.3) is 0 Å². The number of imidazole rings is 1. The summed E-state index contributed by atoms with van der Waals surface area (Å²) in [5.74, 6) is -2.84. The predicted molar refractivity (Wildman–Crippen MR) is 167 cm³/mol. The Kier molecular flexibility index (Phi) is 11.6. The second kappa shape index (κ2) is 15.3. The van der Waals surface area contributed by atoms with Gasteiger partial charge in [0.2, 0.25) is 0 Å². The fraction of sp³-hybridized carbons (Fsp3) is 0.364. The van der Waals surface area contributed by atoms with Crippen molar-refractivity contribution in [2.24, 2.45) is 5.10 Å². The summed E-state index contributed by atoms with van der Waals surface area (Å²) in [5, 5.41) is 5.76. The van der Waals surface area contributed by atoms with Gasteiger partial charge in [0.15, 0.2) is 23.5 Å². The van der Waals surface area contributed by atoms with Gasteiger partial charge in [-0.3, -0.25) is 5.01 Å². The molecule has 2 aromatic carbocycles. The van der Waals surface area contributed by atoms with Gasteiger partial charge in [0, 0.05) is 29.9 Å². The van der Waals surface area contributed by atoms with Crippen LogP contribution in [0, 0.1) is 11.6 Å². The molecule has 0 radical (unpaired) electrons. The van der Waals surface area contributed by atoms with E-state index >= 15 is 0 Å². The summed E-state index contributed by atoms with van der Waals surface area (Å²) in [6.45, 7) is 2.93. The first-order chi connectivity index (χ1) is 22.7. The highest BCUT2D eigenvalue weighted by Crippen LogP contribution is 2.38. The highest BCUT2D eigenvalue weighted by atomic mass is 35.5. The lowest BCUT2D eigenvalue weighted by Crippen LogP contribution is -3.00. The van der Waals surface area contributed by atoms with Crippen LogP contribution in [0.15, 0.2) is 53.9 Å². The number of hydrogen-bond donors (Lipinski definition) is 1. The third kappa shape index (κ3) is 8.89. The number of alkyl halides is 3. The summed E-state index contributed by atoms with van der Waals surface area (Å²) < 4.78 is 82.2. The van der Waals surface area contributed by atoms with Gasteiger partial charge in [0.05, 0.1) is 70.5 Å². The van der Waals surface area contributed by atoms with Crippen molar-refractivity contribution in [3.05, 3.63) is 82.9 Å². The fourth-order valence-electron chi connectivity index (χ4n) is 5.06. The summed E-state index contributed by atoms with van der Waals surface area (Å²) >= 11 is 0. The summed E-state index contributed by atoms with van der Waals surface area (Å²) in [6.07, 6.45) is 0.370. The van der Waals surface area contributed by atoms with E-state index in [1.54, 1.807) is 0 Å². The van der Waals surface area contributed by atoms with Crippen molar-refractivity contribution in [2.75, 3.05) is 40.9 Å². The van der Waals surface area contributed by atoms with Gasteiger partial charge in [0.1, 0.15) is 17.3 Å². The summed E-state index contributed by atoms with van der Waals surface area (Å²) in [4.78, 5) is 29.3. The number of hydrogen-bond acceptors (Lipinski definition) is 8. The monoisotopic (exact) mass is 707 g/mol. The number of quaternary nitrogens is 1. The van der Waals surface area contributed by atoms with E-state index < -0.39 is 35.4 Å². The lowest BCUT2D eigenvalue weighted by Gasteiger charge is -2.29. The number of carbonyl (C=O) groups is 1. The average Bonchev–Trinajstić information content (AvgIpc) is 3.46. The van der Waals surface area contributed by atoms with E-state index in [1.807, 2.05) is 28.1 Å². The molecular formula is C33H35ClF5N7O3. The van der Waals surface area contributed by atoms with Crippen LogP contribution in [0.3, 0.4) is 0 Å². The third-order valence-electron chi connectivity index (χ3n) is 7.40. The third-order valence-corrected chi connectivity index (χ3v) is 7.40. The predicted octanol–water partition coefficient (Wildman–Crippen LogP) is 3.15. The quantitative estimate of drug-likeness (QED) is 0.104. The van der Waals surface area contributed by atoms with Crippen LogP contribution in [0.1, 0.15) is 48.3 Å². The van der Waals surface area contributed by atoms with Gasteiger partial charge in [-0.2, -0.15) is 18.3 Å². The molecule has 5 rings (SSSR count). The fourth-order valence-corrected chi connectivity index (χ4v) is 5.06. The van der Waals surface area contributed by atoms with Crippen LogP contribution in [-0.4, -0.2) is 82.5 Å². The van der Waals surface area contributed by atoms with E-state index in [0.717, 1.165) is 18.7 Å². The molecule has 0 fully saturated rings. The molecule has 0 amide bonds. The minimum atomic E-state index is -4.71. The number of aromatic amines is 1. The van der Waals surface area contributed by atoms with Crippen molar-refractivity contribution in [1.29, 1.82) is 0 Å². The molecule has 2 aromatic heterocycles. The van der Waals surface area contributed by atoms with Gasteiger partial charge in [-0.15, -0.1) is 0 Å². The SMILES string of the molecule is CCCOc1ccc(-c2ncc(C(C(=O)OCCC[N+](C)(C)C)N3Cc4[nH]c(-c5cccc(F)c5F)nc4C=N3)cn2)c(C(F)(F)F)c1.[Cl-]. The number of benzene rings is 2. The van der Waals surface area contributed by atoms with Crippen LogP contribution in [0.25, 0.3) is 22.8 Å². The van der Waals surface area contributed by atoms with Crippen LogP contribution in [-0.2, 0) is 22.3 Å². The van der Waals surface area contributed by atoms with E-state index in [0.29, 0.717) is 28.7 Å². The second-order valence-electron chi connectivity index (χ2n) is 12.2. The maximum absolute atomic E-state index is 14.5. The van der Waals surface area contributed by atoms with E-state index in [1.165, 1.54) is 47.9 Å². The van der Waals surface area contributed by atoms with Crippen molar-refractivity contribution < 1.29 is 53.1 Å². The Hall–Kier alpha value is -4.63. The van der Waals surface area contributed by atoms with E-state index in [-0.39, 0.29) is 66.3 Å². The van der Waals surface area contributed by atoms with Crippen LogP contribution in [0.4, 0.5) is 22.0 Å². The van der Waals surface area contributed by atoms with Gasteiger partial charge in [-0.25, -0.2) is 28.5 Å².